The largest absolute Gasteiger partial charge is 0.383 e. The van der Waals surface area contributed by atoms with Crippen molar-refractivity contribution in [1.29, 1.82) is 0 Å². The van der Waals surface area contributed by atoms with E-state index in [1.165, 1.54) is 0 Å². The third-order valence-corrected chi connectivity index (χ3v) is 4.48. The summed E-state index contributed by atoms with van der Waals surface area (Å²) in [7, 11) is 0. The first-order valence-corrected chi connectivity index (χ1v) is 6.93. The van der Waals surface area contributed by atoms with Gasteiger partial charge in [0.05, 0.1) is 11.1 Å². The Hall–Kier alpha value is -2.09. The van der Waals surface area contributed by atoms with Crippen LogP contribution < -0.4 is 0 Å². The summed E-state index contributed by atoms with van der Waals surface area (Å²) in [6, 6.07) is 20.6. The van der Waals surface area contributed by atoms with Crippen LogP contribution in [0.3, 0.4) is 0 Å². The second-order valence-electron chi connectivity index (χ2n) is 5.92. The first kappa shape index (κ1) is 12.9. The second-order valence-corrected chi connectivity index (χ2v) is 5.92. The lowest BCUT2D eigenvalue weighted by atomic mass is 9.68. The highest BCUT2D eigenvalue weighted by Crippen LogP contribution is 2.49. The van der Waals surface area contributed by atoms with E-state index in [1.54, 1.807) is 0 Å². The van der Waals surface area contributed by atoms with Gasteiger partial charge >= 0.3 is 0 Å². The summed E-state index contributed by atoms with van der Waals surface area (Å²) in [5, 5.41) is 4.40. The van der Waals surface area contributed by atoms with Gasteiger partial charge in [-0.1, -0.05) is 65.8 Å². The minimum absolute atomic E-state index is 0.199. The predicted molar refractivity (Wildman–Crippen MR) is 81.6 cm³/mol. The Morgan fingerprint density at radius 1 is 0.800 bits per heavy atom. The topological polar surface area (TPSA) is 21.6 Å². The molecule has 0 aromatic heterocycles. The molecule has 2 aromatic carbocycles. The molecule has 2 heteroatoms. The van der Waals surface area contributed by atoms with Crippen LogP contribution >= 0.6 is 0 Å². The van der Waals surface area contributed by atoms with Crippen LogP contribution in [0, 0.1) is 5.41 Å². The molecule has 0 saturated carbocycles. The van der Waals surface area contributed by atoms with Gasteiger partial charge in [0.2, 0.25) is 0 Å². The highest BCUT2D eigenvalue weighted by molar-refractivity contribution is 6.05. The van der Waals surface area contributed by atoms with Gasteiger partial charge in [0.25, 0.3) is 0 Å². The highest BCUT2D eigenvalue weighted by Gasteiger charge is 2.53. The van der Waals surface area contributed by atoms with E-state index in [-0.39, 0.29) is 5.41 Å². The van der Waals surface area contributed by atoms with E-state index in [0.29, 0.717) is 0 Å². The van der Waals surface area contributed by atoms with Gasteiger partial charge in [0.15, 0.2) is 5.60 Å². The quantitative estimate of drug-likeness (QED) is 0.790. The number of hydrogen-bond acceptors (Lipinski definition) is 2. The summed E-state index contributed by atoms with van der Waals surface area (Å²) in [6.07, 6.45) is 0. The van der Waals surface area contributed by atoms with E-state index in [0.717, 1.165) is 16.8 Å². The molecule has 1 aliphatic heterocycles. The molecule has 0 radical (unpaired) electrons. The van der Waals surface area contributed by atoms with E-state index in [4.69, 9.17) is 4.84 Å². The molecule has 0 amide bonds. The Bertz CT molecular complexity index is 631. The van der Waals surface area contributed by atoms with Crippen molar-refractivity contribution in [2.24, 2.45) is 10.6 Å². The number of rotatable bonds is 2. The molecule has 0 N–H and O–H groups in total. The summed E-state index contributed by atoms with van der Waals surface area (Å²) in [5.41, 5.74) is 2.64. The van der Waals surface area contributed by atoms with Crippen molar-refractivity contribution in [1.82, 2.24) is 0 Å². The van der Waals surface area contributed by atoms with Crippen LogP contribution in [-0.2, 0) is 10.4 Å². The van der Waals surface area contributed by atoms with Gasteiger partial charge in [-0.2, -0.15) is 0 Å². The molecule has 0 saturated heterocycles. The van der Waals surface area contributed by atoms with Gasteiger partial charge in [-0.3, -0.25) is 0 Å². The number of oxime groups is 1. The van der Waals surface area contributed by atoms with Gasteiger partial charge in [0, 0.05) is 5.56 Å². The standard InChI is InChI=1S/C18H19NO/c1-17(2)16(14-10-6-4-7-11-14)19-20-18(17,3)15-12-8-5-9-13-15/h4-13H,1-3H3/t18-/m0/s1. The Balaban J connectivity index is 2.04. The SMILES string of the molecule is CC1(C)C(c2ccccc2)=NO[C@@]1(C)c1ccccc1. The second kappa shape index (κ2) is 4.48. The fraction of sp³-hybridized carbons (Fsp3) is 0.278. The molecule has 102 valence electrons. The van der Waals surface area contributed by atoms with Crippen LogP contribution in [0.5, 0.6) is 0 Å². The lowest BCUT2D eigenvalue weighted by molar-refractivity contribution is -0.0621. The van der Waals surface area contributed by atoms with Gasteiger partial charge in [0.1, 0.15) is 0 Å². The molecule has 20 heavy (non-hydrogen) atoms. The first-order valence-electron chi connectivity index (χ1n) is 6.93. The average Bonchev–Trinajstić information content (AvgIpc) is 2.72. The van der Waals surface area contributed by atoms with Crippen LogP contribution in [0.25, 0.3) is 0 Å². The van der Waals surface area contributed by atoms with Crippen molar-refractivity contribution in [3.63, 3.8) is 0 Å². The van der Waals surface area contributed by atoms with Gasteiger partial charge < -0.3 is 4.84 Å². The van der Waals surface area contributed by atoms with Gasteiger partial charge in [-0.25, -0.2) is 0 Å². The molecule has 0 aliphatic carbocycles. The monoisotopic (exact) mass is 265 g/mol. The van der Waals surface area contributed by atoms with Crippen LogP contribution in [0.4, 0.5) is 0 Å². The molecule has 0 unspecified atom stereocenters. The highest BCUT2D eigenvalue weighted by atomic mass is 16.7. The lowest BCUT2D eigenvalue weighted by Gasteiger charge is -2.36. The summed E-state index contributed by atoms with van der Waals surface area (Å²) < 4.78 is 0. The number of hydrogen-bond donors (Lipinski definition) is 0. The maximum absolute atomic E-state index is 5.90. The molecular formula is C18H19NO. The zero-order valence-electron chi connectivity index (χ0n) is 12.1. The smallest absolute Gasteiger partial charge is 0.170 e. The lowest BCUT2D eigenvalue weighted by Crippen LogP contribution is -2.41. The minimum Gasteiger partial charge on any atom is -0.383 e. The Labute approximate surface area is 120 Å². The van der Waals surface area contributed by atoms with Crippen LogP contribution in [-0.4, -0.2) is 5.71 Å². The fourth-order valence-electron chi connectivity index (χ4n) is 2.77. The van der Waals surface area contributed by atoms with Crippen molar-refractivity contribution in [2.75, 3.05) is 0 Å². The molecule has 1 heterocycles. The molecule has 2 aromatic rings. The molecule has 2 nitrogen and oxygen atoms in total. The van der Waals surface area contributed by atoms with Crippen molar-refractivity contribution >= 4 is 5.71 Å². The molecular weight excluding hydrogens is 246 g/mol. The summed E-state index contributed by atoms with van der Waals surface area (Å²) in [4.78, 5) is 5.90. The molecule has 0 fully saturated rings. The van der Waals surface area contributed by atoms with E-state index < -0.39 is 5.60 Å². The van der Waals surface area contributed by atoms with Crippen molar-refractivity contribution in [2.45, 2.75) is 26.4 Å². The Kier molecular flexibility index (Phi) is 2.89. The Morgan fingerprint density at radius 2 is 1.35 bits per heavy atom. The summed E-state index contributed by atoms with van der Waals surface area (Å²) in [6.45, 7) is 6.50. The molecule has 0 bridgehead atoms. The molecule has 1 atom stereocenters. The van der Waals surface area contributed by atoms with Gasteiger partial charge in [-0.05, 0) is 26.3 Å². The first-order chi connectivity index (χ1) is 9.56. The molecule has 0 spiro atoms. The van der Waals surface area contributed by atoms with Crippen LogP contribution in [0.1, 0.15) is 31.9 Å². The van der Waals surface area contributed by atoms with Crippen molar-refractivity contribution in [3.05, 3.63) is 71.8 Å². The maximum atomic E-state index is 5.90. The van der Waals surface area contributed by atoms with Gasteiger partial charge in [-0.15, -0.1) is 0 Å². The van der Waals surface area contributed by atoms with E-state index in [9.17, 15) is 0 Å². The number of nitrogens with zero attached hydrogens (tertiary/aromatic N) is 1. The molecule has 1 aliphatic rings. The zero-order chi connectivity index (χ0) is 14.2. The Morgan fingerprint density at radius 3 is 1.95 bits per heavy atom. The number of benzene rings is 2. The van der Waals surface area contributed by atoms with E-state index >= 15 is 0 Å². The molecule has 3 rings (SSSR count). The minimum atomic E-state index is -0.445. The predicted octanol–water partition coefficient (Wildman–Crippen LogP) is 4.36. The van der Waals surface area contributed by atoms with Crippen LogP contribution in [0.15, 0.2) is 65.8 Å². The normalized spacial score (nSPS) is 24.1. The van der Waals surface area contributed by atoms with E-state index in [2.05, 4.69) is 50.2 Å². The maximum Gasteiger partial charge on any atom is 0.170 e. The van der Waals surface area contributed by atoms with E-state index in [1.807, 2.05) is 36.4 Å². The van der Waals surface area contributed by atoms with Crippen molar-refractivity contribution < 1.29 is 4.84 Å². The average molecular weight is 265 g/mol. The fourth-order valence-corrected chi connectivity index (χ4v) is 2.77. The zero-order valence-corrected chi connectivity index (χ0v) is 12.1. The summed E-state index contributed by atoms with van der Waals surface area (Å²) >= 11 is 0. The third kappa shape index (κ3) is 1.75. The third-order valence-electron chi connectivity index (χ3n) is 4.48. The van der Waals surface area contributed by atoms with Crippen molar-refractivity contribution in [3.8, 4) is 0 Å². The summed E-state index contributed by atoms with van der Waals surface area (Å²) in [5.74, 6) is 0. The van der Waals surface area contributed by atoms with Crippen LogP contribution in [0.2, 0.25) is 0 Å².